The normalized spacial score (nSPS) is 12.4. The molecule has 1 aromatic carbocycles. The first-order chi connectivity index (χ1) is 7.81. The van der Waals surface area contributed by atoms with E-state index in [1.807, 2.05) is 31.2 Å². The first-order valence-corrected chi connectivity index (χ1v) is 5.98. The molecular weight excluding hydrogens is 222 g/mol. The molecule has 1 atom stereocenters. The van der Waals surface area contributed by atoms with Crippen LogP contribution in [-0.2, 0) is 0 Å². The van der Waals surface area contributed by atoms with Crippen LogP contribution >= 0.6 is 11.3 Å². The molecule has 0 aliphatic carbocycles. The monoisotopic (exact) mass is 235 g/mol. The Morgan fingerprint density at radius 2 is 2.12 bits per heavy atom. The van der Waals surface area contributed by atoms with Crippen LogP contribution in [0.5, 0.6) is 5.75 Å². The fraction of sp³-hybridized carbons (Fsp3) is 0.250. The molecule has 0 saturated carbocycles. The highest BCUT2D eigenvalue weighted by atomic mass is 32.1. The van der Waals surface area contributed by atoms with Crippen LogP contribution in [0.15, 0.2) is 36.0 Å². The van der Waals surface area contributed by atoms with Crippen molar-refractivity contribution in [1.29, 1.82) is 0 Å². The Kier molecular flexibility index (Phi) is 3.54. The van der Waals surface area contributed by atoms with Crippen LogP contribution in [0, 0.1) is 0 Å². The SMILES string of the molecule is CCOc1ccc(C(O)c2cncs2)cc1. The molecule has 1 heterocycles. The van der Waals surface area contributed by atoms with Crippen molar-refractivity contribution in [3.8, 4) is 5.75 Å². The van der Waals surface area contributed by atoms with Gasteiger partial charge in [-0.05, 0) is 24.6 Å². The maximum Gasteiger partial charge on any atom is 0.119 e. The summed E-state index contributed by atoms with van der Waals surface area (Å²) in [6.45, 7) is 2.59. The van der Waals surface area contributed by atoms with Crippen molar-refractivity contribution >= 4 is 11.3 Å². The Hall–Kier alpha value is -1.39. The average Bonchev–Trinajstić information content (AvgIpc) is 2.83. The number of nitrogens with zero attached hydrogens (tertiary/aromatic N) is 1. The van der Waals surface area contributed by atoms with E-state index in [1.54, 1.807) is 11.7 Å². The molecule has 0 saturated heterocycles. The van der Waals surface area contributed by atoms with Crippen molar-refractivity contribution in [3.63, 3.8) is 0 Å². The van der Waals surface area contributed by atoms with Gasteiger partial charge in [-0.3, -0.25) is 4.98 Å². The third kappa shape index (κ3) is 2.40. The zero-order chi connectivity index (χ0) is 11.4. The topological polar surface area (TPSA) is 42.4 Å². The number of thiazole rings is 1. The molecule has 3 nitrogen and oxygen atoms in total. The fourth-order valence-corrected chi connectivity index (χ4v) is 2.07. The largest absolute Gasteiger partial charge is 0.494 e. The van der Waals surface area contributed by atoms with Gasteiger partial charge in [-0.2, -0.15) is 0 Å². The predicted molar refractivity (Wildman–Crippen MR) is 63.8 cm³/mol. The molecule has 0 radical (unpaired) electrons. The zero-order valence-corrected chi connectivity index (χ0v) is 9.78. The second-order valence-electron chi connectivity index (χ2n) is 3.31. The molecule has 0 aliphatic rings. The van der Waals surface area contributed by atoms with Crippen molar-refractivity contribution in [2.24, 2.45) is 0 Å². The number of hydrogen-bond acceptors (Lipinski definition) is 4. The van der Waals surface area contributed by atoms with Crippen LogP contribution in [-0.4, -0.2) is 16.7 Å². The van der Waals surface area contributed by atoms with Crippen molar-refractivity contribution in [2.75, 3.05) is 6.61 Å². The van der Waals surface area contributed by atoms with Gasteiger partial charge in [-0.15, -0.1) is 11.3 Å². The second-order valence-corrected chi connectivity index (χ2v) is 4.23. The van der Waals surface area contributed by atoms with E-state index in [0.29, 0.717) is 6.61 Å². The number of hydrogen-bond donors (Lipinski definition) is 1. The van der Waals surface area contributed by atoms with E-state index in [2.05, 4.69) is 4.98 Å². The lowest BCUT2D eigenvalue weighted by molar-refractivity contribution is 0.223. The lowest BCUT2D eigenvalue weighted by Crippen LogP contribution is -1.97. The number of aliphatic hydroxyl groups is 1. The Bertz CT molecular complexity index is 425. The number of benzene rings is 1. The molecule has 16 heavy (non-hydrogen) atoms. The van der Waals surface area contributed by atoms with Crippen LogP contribution in [0.2, 0.25) is 0 Å². The summed E-state index contributed by atoms with van der Waals surface area (Å²) in [7, 11) is 0. The molecule has 2 aromatic rings. The van der Waals surface area contributed by atoms with Gasteiger partial charge in [0.1, 0.15) is 11.9 Å². The summed E-state index contributed by atoms with van der Waals surface area (Å²) in [5.41, 5.74) is 2.57. The highest BCUT2D eigenvalue weighted by Crippen LogP contribution is 2.25. The maximum absolute atomic E-state index is 10.0. The van der Waals surface area contributed by atoms with Crippen LogP contribution in [0.4, 0.5) is 0 Å². The van der Waals surface area contributed by atoms with Gasteiger partial charge in [0.05, 0.1) is 17.0 Å². The molecule has 0 aliphatic heterocycles. The first kappa shape index (κ1) is 11.1. The van der Waals surface area contributed by atoms with E-state index >= 15 is 0 Å². The quantitative estimate of drug-likeness (QED) is 0.885. The molecule has 1 unspecified atom stereocenters. The second kappa shape index (κ2) is 5.09. The summed E-state index contributed by atoms with van der Waals surface area (Å²) in [5, 5.41) is 10.0. The minimum absolute atomic E-state index is 0.594. The molecular formula is C12H13NO2S. The van der Waals surface area contributed by atoms with Crippen molar-refractivity contribution < 1.29 is 9.84 Å². The molecule has 1 N–H and O–H groups in total. The fourth-order valence-electron chi connectivity index (χ4n) is 1.44. The van der Waals surface area contributed by atoms with Crippen LogP contribution in [0.25, 0.3) is 0 Å². The predicted octanol–water partition coefficient (Wildman–Crippen LogP) is 2.62. The lowest BCUT2D eigenvalue weighted by atomic mass is 10.1. The lowest BCUT2D eigenvalue weighted by Gasteiger charge is -2.09. The van der Waals surface area contributed by atoms with Gasteiger partial charge in [0.15, 0.2) is 0 Å². The third-order valence-electron chi connectivity index (χ3n) is 2.23. The van der Waals surface area contributed by atoms with E-state index in [1.165, 1.54) is 11.3 Å². The Morgan fingerprint density at radius 1 is 1.38 bits per heavy atom. The summed E-state index contributed by atoms with van der Waals surface area (Å²) in [6, 6.07) is 7.47. The number of rotatable bonds is 4. The molecule has 84 valence electrons. The van der Waals surface area contributed by atoms with Crippen molar-refractivity contribution in [2.45, 2.75) is 13.0 Å². The van der Waals surface area contributed by atoms with Crippen LogP contribution in [0.3, 0.4) is 0 Å². The van der Waals surface area contributed by atoms with E-state index < -0.39 is 6.10 Å². The van der Waals surface area contributed by atoms with E-state index in [0.717, 1.165) is 16.2 Å². The number of ether oxygens (including phenoxy) is 1. The smallest absolute Gasteiger partial charge is 0.119 e. The maximum atomic E-state index is 10.0. The summed E-state index contributed by atoms with van der Waals surface area (Å²) in [5.74, 6) is 0.822. The first-order valence-electron chi connectivity index (χ1n) is 5.10. The van der Waals surface area contributed by atoms with Gasteiger partial charge in [0.25, 0.3) is 0 Å². The molecule has 0 spiro atoms. The van der Waals surface area contributed by atoms with Gasteiger partial charge in [0.2, 0.25) is 0 Å². The van der Waals surface area contributed by atoms with Crippen molar-refractivity contribution in [1.82, 2.24) is 4.98 Å². The van der Waals surface area contributed by atoms with E-state index in [9.17, 15) is 5.11 Å². The van der Waals surface area contributed by atoms with Gasteiger partial charge in [-0.25, -0.2) is 0 Å². The van der Waals surface area contributed by atoms with Crippen molar-refractivity contribution in [3.05, 3.63) is 46.4 Å². The molecule has 1 aromatic heterocycles. The Morgan fingerprint density at radius 3 is 2.69 bits per heavy atom. The van der Waals surface area contributed by atoms with Gasteiger partial charge in [-0.1, -0.05) is 12.1 Å². The van der Waals surface area contributed by atoms with Gasteiger partial charge >= 0.3 is 0 Å². The van der Waals surface area contributed by atoms with Gasteiger partial charge in [0, 0.05) is 6.20 Å². The molecule has 0 bridgehead atoms. The zero-order valence-electron chi connectivity index (χ0n) is 8.96. The number of aliphatic hydroxyl groups excluding tert-OH is 1. The Balaban J connectivity index is 2.15. The molecule has 0 fully saturated rings. The Labute approximate surface area is 98.4 Å². The standard InChI is InChI=1S/C12H13NO2S/c1-2-15-10-5-3-9(4-6-10)12(14)11-7-13-8-16-11/h3-8,12,14H,2H2,1H3. The summed E-state index contributed by atoms with van der Waals surface area (Å²) >= 11 is 1.45. The summed E-state index contributed by atoms with van der Waals surface area (Å²) < 4.78 is 5.34. The highest BCUT2D eigenvalue weighted by molar-refractivity contribution is 7.09. The third-order valence-corrected chi connectivity index (χ3v) is 3.06. The van der Waals surface area contributed by atoms with Crippen LogP contribution < -0.4 is 4.74 Å². The highest BCUT2D eigenvalue weighted by Gasteiger charge is 2.11. The summed E-state index contributed by atoms with van der Waals surface area (Å²) in [4.78, 5) is 4.80. The molecule has 2 rings (SSSR count). The minimum Gasteiger partial charge on any atom is -0.494 e. The average molecular weight is 235 g/mol. The van der Waals surface area contributed by atoms with Gasteiger partial charge < -0.3 is 9.84 Å². The molecule has 0 amide bonds. The van der Waals surface area contributed by atoms with E-state index in [4.69, 9.17) is 4.74 Å². The number of aromatic nitrogens is 1. The van der Waals surface area contributed by atoms with E-state index in [-0.39, 0.29) is 0 Å². The van der Waals surface area contributed by atoms with Crippen LogP contribution in [0.1, 0.15) is 23.5 Å². The minimum atomic E-state index is -0.594. The molecule has 4 heteroatoms. The summed E-state index contributed by atoms with van der Waals surface area (Å²) in [6.07, 6.45) is 1.09.